The molecule has 9 heteroatoms. The Bertz CT molecular complexity index is 989. The summed E-state index contributed by atoms with van der Waals surface area (Å²) in [5, 5.41) is 2.73. The van der Waals surface area contributed by atoms with E-state index < -0.39 is 12.8 Å². The second kappa shape index (κ2) is 10.0. The van der Waals surface area contributed by atoms with Crippen LogP contribution in [0.2, 0.25) is 0 Å². The number of carbonyl (C=O) groups is 1. The number of ether oxygens (including phenoxy) is 2. The molecule has 0 saturated carbocycles. The zero-order chi connectivity index (χ0) is 22.3. The lowest BCUT2D eigenvalue weighted by Gasteiger charge is -2.09. The highest BCUT2D eigenvalue weighted by atomic mass is 19.4. The van der Waals surface area contributed by atoms with Crippen molar-refractivity contribution in [3.8, 4) is 11.6 Å². The van der Waals surface area contributed by atoms with Gasteiger partial charge in [-0.3, -0.25) is 4.79 Å². The summed E-state index contributed by atoms with van der Waals surface area (Å²) >= 11 is 0. The minimum atomic E-state index is -4.38. The maximum atomic E-state index is 12.9. The predicted octanol–water partition coefficient (Wildman–Crippen LogP) is 5.02. The summed E-state index contributed by atoms with van der Waals surface area (Å²) in [6.07, 6.45) is -2.83. The van der Waals surface area contributed by atoms with Gasteiger partial charge in [0, 0.05) is 24.4 Å². The molecule has 1 amide bonds. The monoisotopic (exact) mass is 434 g/mol. The van der Waals surface area contributed by atoms with Crippen molar-refractivity contribution in [1.82, 2.24) is 10.3 Å². The van der Waals surface area contributed by atoms with E-state index in [0.717, 1.165) is 5.56 Å². The van der Waals surface area contributed by atoms with Crippen molar-refractivity contribution >= 4 is 5.91 Å². The fourth-order valence-electron chi connectivity index (χ4n) is 2.52. The number of halogens is 4. The van der Waals surface area contributed by atoms with Gasteiger partial charge < -0.3 is 14.8 Å². The van der Waals surface area contributed by atoms with Crippen molar-refractivity contribution in [2.75, 3.05) is 6.61 Å². The van der Waals surface area contributed by atoms with E-state index in [1.54, 1.807) is 18.3 Å². The molecule has 3 rings (SSSR count). The molecule has 0 radical (unpaired) electrons. The molecule has 3 aromatic rings. The zero-order valence-electron chi connectivity index (χ0n) is 16.2. The number of carbonyl (C=O) groups excluding carboxylic acids is 1. The zero-order valence-corrected chi connectivity index (χ0v) is 16.2. The van der Waals surface area contributed by atoms with E-state index in [4.69, 9.17) is 4.74 Å². The molecular weight excluding hydrogens is 416 g/mol. The first-order chi connectivity index (χ1) is 14.8. The van der Waals surface area contributed by atoms with Crippen LogP contribution in [0.25, 0.3) is 0 Å². The Hall–Kier alpha value is -3.46. The average Bonchev–Trinajstić information content (AvgIpc) is 2.74. The van der Waals surface area contributed by atoms with Gasteiger partial charge in [0.2, 0.25) is 5.88 Å². The van der Waals surface area contributed by atoms with Crippen LogP contribution in [0.5, 0.6) is 11.6 Å². The largest absolute Gasteiger partial charge is 0.439 e. The van der Waals surface area contributed by atoms with Crippen molar-refractivity contribution < 1.29 is 31.8 Å². The third-order valence-electron chi connectivity index (χ3n) is 4.04. The SMILES string of the molecule is O=C(NCc1ccc(Oc2ccc(F)cc2)nc1)c1ccc(COCC(F)(F)F)cc1. The van der Waals surface area contributed by atoms with Crippen molar-refractivity contribution in [2.45, 2.75) is 19.3 Å². The maximum Gasteiger partial charge on any atom is 0.411 e. The molecule has 2 aromatic carbocycles. The van der Waals surface area contributed by atoms with Crippen molar-refractivity contribution in [3.63, 3.8) is 0 Å². The van der Waals surface area contributed by atoms with Crippen LogP contribution in [0, 0.1) is 5.82 Å². The highest BCUT2D eigenvalue weighted by molar-refractivity contribution is 5.94. The fourth-order valence-corrected chi connectivity index (χ4v) is 2.52. The maximum absolute atomic E-state index is 12.9. The van der Waals surface area contributed by atoms with Gasteiger partial charge in [-0.1, -0.05) is 18.2 Å². The van der Waals surface area contributed by atoms with E-state index in [1.807, 2.05) is 0 Å². The van der Waals surface area contributed by atoms with Crippen LogP contribution in [0.4, 0.5) is 17.6 Å². The van der Waals surface area contributed by atoms with Crippen LogP contribution < -0.4 is 10.1 Å². The Balaban J connectivity index is 1.47. The molecule has 0 atom stereocenters. The summed E-state index contributed by atoms with van der Waals surface area (Å²) in [6.45, 7) is -1.30. The van der Waals surface area contributed by atoms with Gasteiger partial charge in [0.25, 0.3) is 5.91 Å². The number of aromatic nitrogens is 1. The molecule has 1 heterocycles. The van der Waals surface area contributed by atoms with Crippen molar-refractivity contribution in [3.05, 3.63) is 89.4 Å². The Kier molecular flexibility index (Phi) is 7.19. The summed E-state index contributed by atoms with van der Waals surface area (Å²) < 4.78 is 59.3. The summed E-state index contributed by atoms with van der Waals surface area (Å²) in [5.74, 6) is 0.0671. The molecule has 0 saturated heterocycles. The van der Waals surface area contributed by atoms with E-state index in [1.165, 1.54) is 48.5 Å². The normalized spacial score (nSPS) is 11.2. The quantitative estimate of drug-likeness (QED) is 0.506. The molecule has 0 bridgehead atoms. The van der Waals surface area contributed by atoms with Crippen LogP contribution in [-0.2, 0) is 17.9 Å². The van der Waals surface area contributed by atoms with Crippen LogP contribution in [0.15, 0.2) is 66.9 Å². The lowest BCUT2D eigenvalue weighted by atomic mass is 10.1. The number of pyridine rings is 1. The van der Waals surface area contributed by atoms with E-state index in [2.05, 4.69) is 15.0 Å². The van der Waals surface area contributed by atoms with E-state index >= 15 is 0 Å². The third kappa shape index (κ3) is 7.38. The van der Waals surface area contributed by atoms with Crippen LogP contribution >= 0.6 is 0 Å². The molecule has 5 nitrogen and oxygen atoms in total. The first-order valence-electron chi connectivity index (χ1n) is 9.18. The number of hydrogen-bond donors (Lipinski definition) is 1. The second-order valence-corrected chi connectivity index (χ2v) is 6.55. The minimum Gasteiger partial charge on any atom is -0.439 e. The molecule has 0 aliphatic rings. The summed E-state index contributed by atoms with van der Waals surface area (Å²) in [6, 6.07) is 15.0. The number of amides is 1. The Morgan fingerprint density at radius 3 is 2.23 bits per heavy atom. The highest BCUT2D eigenvalue weighted by Crippen LogP contribution is 2.19. The van der Waals surface area contributed by atoms with E-state index in [-0.39, 0.29) is 24.9 Å². The average molecular weight is 434 g/mol. The molecule has 1 N–H and O–H groups in total. The first-order valence-corrected chi connectivity index (χ1v) is 9.18. The Labute approximate surface area is 175 Å². The molecule has 0 unspecified atom stereocenters. The Morgan fingerprint density at radius 1 is 0.935 bits per heavy atom. The number of benzene rings is 2. The van der Waals surface area contributed by atoms with Gasteiger partial charge in [-0.25, -0.2) is 9.37 Å². The van der Waals surface area contributed by atoms with E-state index in [9.17, 15) is 22.4 Å². The number of nitrogens with zero attached hydrogens (tertiary/aromatic N) is 1. The molecule has 1 aromatic heterocycles. The molecule has 0 fully saturated rings. The Morgan fingerprint density at radius 2 is 1.61 bits per heavy atom. The number of hydrogen-bond acceptors (Lipinski definition) is 4. The van der Waals surface area contributed by atoms with Gasteiger partial charge >= 0.3 is 6.18 Å². The lowest BCUT2D eigenvalue weighted by Crippen LogP contribution is -2.22. The van der Waals surface area contributed by atoms with Gasteiger partial charge in [-0.2, -0.15) is 13.2 Å². The molecule has 0 aliphatic carbocycles. The fraction of sp³-hybridized carbons (Fsp3) is 0.182. The molecular formula is C22H18F4N2O3. The van der Waals surface area contributed by atoms with Crippen molar-refractivity contribution in [1.29, 1.82) is 0 Å². The number of rotatable bonds is 8. The lowest BCUT2D eigenvalue weighted by molar-refractivity contribution is -0.176. The third-order valence-corrected chi connectivity index (χ3v) is 4.04. The first kappa shape index (κ1) is 22.2. The smallest absolute Gasteiger partial charge is 0.411 e. The van der Waals surface area contributed by atoms with Gasteiger partial charge in [-0.05, 0) is 47.5 Å². The predicted molar refractivity (Wildman–Crippen MR) is 104 cm³/mol. The molecule has 0 spiro atoms. The number of nitrogens with one attached hydrogen (secondary N) is 1. The van der Waals surface area contributed by atoms with Crippen molar-refractivity contribution in [2.24, 2.45) is 0 Å². The molecule has 31 heavy (non-hydrogen) atoms. The van der Waals surface area contributed by atoms with Crippen LogP contribution in [-0.4, -0.2) is 23.7 Å². The molecule has 0 aliphatic heterocycles. The standard InChI is InChI=1S/C22H18F4N2O3/c23-18-6-8-19(9-7-18)31-20-10-3-16(11-27-20)12-28-21(29)17-4-1-15(2-5-17)13-30-14-22(24,25)26/h1-11H,12-14H2,(H,28,29). The minimum absolute atomic E-state index is 0.195. The summed E-state index contributed by atoms with van der Waals surface area (Å²) in [7, 11) is 0. The van der Waals surface area contributed by atoms with E-state index in [0.29, 0.717) is 22.8 Å². The van der Waals surface area contributed by atoms with Gasteiger partial charge in [0.15, 0.2) is 0 Å². The van der Waals surface area contributed by atoms with Gasteiger partial charge in [0.05, 0.1) is 6.61 Å². The van der Waals surface area contributed by atoms with Crippen LogP contribution in [0.1, 0.15) is 21.5 Å². The summed E-state index contributed by atoms with van der Waals surface area (Å²) in [5.41, 5.74) is 1.63. The second-order valence-electron chi connectivity index (χ2n) is 6.55. The van der Waals surface area contributed by atoms with Gasteiger partial charge in [-0.15, -0.1) is 0 Å². The van der Waals surface area contributed by atoms with Gasteiger partial charge in [0.1, 0.15) is 18.2 Å². The summed E-state index contributed by atoms with van der Waals surface area (Å²) in [4.78, 5) is 16.4. The number of alkyl halides is 3. The molecule has 162 valence electrons. The highest BCUT2D eigenvalue weighted by Gasteiger charge is 2.27. The topological polar surface area (TPSA) is 60.5 Å². The van der Waals surface area contributed by atoms with Crippen LogP contribution in [0.3, 0.4) is 0 Å².